The third kappa shape index (κ3) is 18.4. The van der Waals surface area contributed by atoms with Gasteiger partial charge in [-0.15, -0.1) is 30.7 Å². The average molecular weight is 1430 g/mol. The first-order valence-corrected chi connectivity index (χ1v) is 33.3. The second-order valence-electron chi connectivity index (χ2n) is 19.7. The Balaban J connectivity index is 0.000000260. The fraction of sp³-hybridized carbons (Fsp3) is 0. The molecule has 0 spiro atoms. The van der Waals surface area contributed by atoms with E-state index in [1.165, 1.54) is 48.5 Å². The Hall–Kier alpha value is -6.10. The van der Waals surface area contributed by atoms with Crippen LogP contribution in [-0.2, 0) is 40.5 Å². The van der Waals surface area contributed by atoms with E-state index in [4.69, 9.17) is 23.2 Å². The van der Waals surface area contributed by atoms with E-state index in [2.05, 4.69) is 51.5 Å². The Kier molecular flexibility index (Phi) is 26.7. The third-order valence-electron chi connectivity index (χ3n) is 13.8. The SMILES string of the molecule is O=S(=O)([O-])c1cc(N=Nc2ccc(N=Nc3ccc(Nc4ccccc4)c4c(S(=O)(=O)[O-])cccc34)c3ccccc23)ccc1Cl.O=S(=O)([O-])c1cc(N=Nc2ccc(N=Nc3ccc(Nc4ccccc4)c4c(S(=O)(=O)[O-])cccc34)c3ccccc23)ccc1Cl.[Na+].[Na+].[Na+].[Na+]. The molecule has 96 heavy (non-hydrogen) atoms. The van der Waals surface area contributed by atoms with E-state index in [0.717, 1.165) is 12.1 Å². The number of fused-ring (bicyclic) bond motifs is 4. The van der Waals surface area contributed by atoms with Gasteiger partial charge >= 0.3 is 118 Å². The summed E-state index contributed by atoms with van der Waals surface area (Å²) in [5.74, 6) is 0. The van der Waals surface area contributed by atoms with Crippen molar-refractivity contribution < 1.29 is 170 Å². The molecular formula is C64H40Cl2N10Na4O12S4. The van der Waals surface area contributed by atoms with Crippen LogP contribution in [0.25, 0.3) is 43.1 Å². The molecule has 12 aromatic carbocycles. The first-order valence-electron chi connectivity index (χ1n) is 26.9. The Morgan fingerprint density at radius 3 is 0.833 bits per heavy atom. The van der Waals surface area contributed by atoms with Crippen LogP contribution in [0.3, 0.4) is 0 Å². The zero-order valence-electron chi connectivity index (χ0n) is 50.8. The van der Waals surface area contributed by atoms with Gasteiger partial charge in [0.25, 0.3) is 0 Å². The largest absolute Gasteiger partial charge is 1.00 e. The van der Waals surface area contributed by atoms with Gasteiger partial charge in [0.2, 0.25) is 0 Å². The molecule has 0 aliphatic heterocycles. The third-order valence-corrected chi connectivity index (χ3v) is 18.2. The minimum atomic E-state index is -4.83. The van der Waals surface area contributed by atoms with Gasteiger partial charge in [0.1, 0.15) is 40.5 Å². The van der Waals surface area contributed by atoms with Crippen LogP contribution in [-0.4, -0.2) is 51.9 Å². The van der Waals surface area contributed by atoms with Crippen molar-refractivity contribution in [3.05, 3.63) is 241 Å². The number of anilines is 4. The zero-order chi connectivity index (χ0) is 65.0. The molecule has 0 aliphatic rings. The number of hydrogen-bond donors (Lipinski definition) is 2. The number of benzene rings is 12. The zero-order valence-corrected chi connectivity index (χ0v) is 63.6. The van der Waals surface area contributed by atoms with E-state index >= 15 is 0 Å². The number of nitrogens with zero attached hydrogens (tertiary/aromatic N) is 8. The van der Waals surface area contributed by atoms with E-state index in [-0.39, 0.29) is 160 Å². The van der Waals surface area contributed by atoms with Crippen molar-refractivity contribution in [2.45, 2.75) is 19.6 Å². The van der Waals surface area contributed by atoms with Gasteiger partial charge in [0, 0.05) is 65.8 Å². The number of hydrogen-bond acceptors (Lipinski definition) is 22. The molecule has 0 bridgehead atoms. The van der Waals surface area contributed by atoms with Gasteiger partial charge in [0.15, 0.2) is 0 Å². The molecule has 460 valence electrons. The predicted molar refractivity (Wildman–Crippen MR) is 347 cm³/mol. The Morgan fingerprint density at radius 2 is 0.531 bits per heavy atom. The smallest absolute Gasteiger partial charge is 0.744 e. The van der Waals surface area contributed by atoms with Gasteiger partial charge in [-0.1, -0.05) is 132 Å². The minimum absolute atomic E-state index is 0. The molecular weight excluding hydrogens is 1390 g/mol. The van der Waals surface area contributed by atoms with Crippen molar-refractivity contribution in [3.63, 3.8) is 0 Å². The molecule has 0 saturated carbocycles. The maximum atomic E-state index is 12.2. The van der Waals surface area contributed by atoms with Gasteiger partial charge in [-0.25, -0.2) is 33.7 Å². The maximum absolute atomic E-state index is 12.2. The Labute approximate surface area is 648 Å². The van der Waals surface area contributed by atoms with Gasteiger partial charge in [-0.3, -0.25) is 0 Å². The molecule has 0 saturated heterocycles. The molecule has 0 radical (unpaired) electrons. The van der Waals surface area contributed by atoms with Crippen molar-refractivity contribution >= 4 is 175 Å². The summed E-state index contributed by atoms with van der Waals surface area (Å²) in [4.78, 5) is -1.96. The average Bonchev–Trinajstić information content (AvgIpc) is 0.772. The number of nitrogens with one attached hydrogen (secondary N) is 2. The predicted octanol–water partition coefficient (Wildman–Crippen LogP) is 6.07. The quantitative estimate of drug-likeness (QED) is 0.0630. The van der Waals surface area contributed by atoms with Crippen molar-refractivity contribution in [1.82, 2.24) is 0 Å². The summed E-state index contributed by atoms with van der Waals surface area (Å²) in [5, 5.41) is 44.2. The summed E-state index contributed by atoms with van der Waals surface area (Å²) in [6, 6.07) is 62.1. The number of para-hydroxylation sites is 2. The summed E-state index contributed by atoms with van der Waals surface area (Å²) >= 11 is 11.7. The first-order chi connectivity index (χ1) is 44.0. The van der Waals surface area contributed by atoms with E-state index in [1.807, 2.05) is 60.7 Å². The fourth-order valence-electron chi connectivity index (χ4n) is 9.68. The standard InChI is InChI=1S/2C32H22ClN5O6S2.4Na/c2*33-25-14-13-21(19-31(25)46(42,43)44)35-36-26-15-16-27(23-10-5-4-9-22(23)26)37-38-28-17-18-29(34-20-7-2-1-3-8-20)32-24(28)11-6-12-30(32)45(39,40)41;;;;/h2*1-19,34H,(H,39,40,41)(H,42,43,44);;;;/q;;4*+1/p-4. The van der Waals surface area contributed by atoms with Crippen molar-refractivity contribution in [1.29, 1.82) is 0 Å². The summed E-state index contributed by atoms with van der Waals surface area (Å²) in [7, 11) is -19.3. The molecule has 0 amide bonds. The summed E-state index contributed by atoms with van der Waals surface area (Å²) in [5.41, 5.74) is 4.92. The van der Waals surface area contributed by atoms with Gasteiger partial charge in [-0.2, -0.15) is 10.2 Å². The molecule has 12 rings (SSSR count). The van der Waals surface area contributed by atoms with Gasteiger partial charge in [0.05, 0.1) is 75.1 Å². The van der Waals surface area contributed by atoms with Crippen molar-refractivity contribution in [3.8, 4) is 0 Å². The van der Waals surface area contributed by atoms with Crippen molar-refractivity contribution in [2.24, 2.45) is 40.9 Å². The van der Waals surface area contributed by atoms with Crippen LogP contribution in [0.5, 0.6) is 0 Å². The van der Waals surface area contributed by atoms with E-state index in [1.54, 1.807) is 109 Å². The normalized spacial score (nSPS) is 11.9. The Bertz CT molecular complexity index is 5210. The molecule has 0 aromatic heterocycles. The second-order valence-corrected chi connectivity index (χ2v) is 26.0. The second kappa shape index (κ2) is 33.2. The van der Waals surface area contributed by atoms with Crippen LogP contribution in [0.1, 0.15) is 0 Å². The topological polar surface area (TPSA) is 352 Å². The minimum Gasteiger partial charge on any atom is -0.744 e. The summed E-state index contributed by atoms with van der Waals surface area (Å²) in [6.07, 6.45) is 0. The van der Waals surface area contributed by atoms with Gasteiger partial charge < -0.3 is 28.8 Å². The van der Waals surface area contributed by atoms with E-state index in [9.17, 15) is 51.9 Å². The van der Waals surface area contributed by atoms with Crippen LogP contribution in [0, 0.1) is 0 Å². The first kappa shape index (κ1) is 77.3. The van der Waals surface area contributed by atoms with Gasteiger partial charge in [-0.05, 0) is 121 Å². The number of rotatable bonds is 16. The molecule has 22 nitrogen and oxygen atoms in total. The Morgan fingerprint density at radius 1 is 0.271 bits per heavy atom. The van der Waals surface area contributed by atoms with Crippen LogP contribution in [0.2, 0.25) is 10.0 Å². The molecule has 0 unspecified atom stereocenters. The number of halogens is 2. The number of azo groups is 4. The van der Waals surface area contributed by atoms with E-state index < -0.39 is 50.3 Å². The molecule has 0 heterocycles. The maximum Gasteiger partial charge on any atom is 1.00 e. The monoisotopic (exact) mass is 1430 g/mol. The molecule has 0 aliphatic carbocycles. The molecule has 12 aromatic rings. The molecule has 32 heteroatoms. The fourth-order valence-corrected chi connectivity index (χ4v) is 13.1. The molecule has 0 fully saturated rings. The van der Waals surface area contributed by atoms with Crippen LogP contribution >= 0.6 is 23.2 Å². The summed E-state index contributed by atoms with van der Waals surface area (Å²) < 4.78 is 142. The van der Waals surface area contributed by atoms with Crippen LogP contribution in [0.4, 0.5) is 68.2 Å². The van der Waals surface area contributed by atoms with Crippen LogP contribution < -0.4 is 129 Å². The van der Waals surface area contributed by atoms with E-state index in [0.29, 0.717) is 89.2 Å². The molecule has 2 N–H and O–H groups in total. The van der Waals surface area contributed by atoms with Crippen molar-refractivity contribution in [2.75, 3.05) is 10.6 Å². The van der Waals surface area contributed by atoms with Crippen LogP contribution in [0.15, 0.2) is 291 Å². The summed E-state index contributed by atoms with van der Waals surface area (Å²) in [6.45, 7) is 0. The molecule has 0 atom stereocenters.